The van der Waals surface area contributed by atoms with Gasteiger partial charge in [0.05, 0.1) is 0 Å². The molecule has 3 heteroatoms. The first-order valence-electron chi connectivity index (χ1n) is 11.3. The van der Waals surface area contributed by atoms with Gasteiger partial charge in [-0.3, -0.25) is 0 Å². The van der Waals surface area contributed by atoms with E-state index in [1.165, 1.54) is 23.1 Å². The quantitative estimate of drug-likeness (QED) is 0.541. The Morgan fingerprint density at radius 3 is 2.09 bits per heavy atom. The van der Waals surface area contributed by atoms with Gasteiger partial charge in [-0.15, -0.1) is 0 Å². The van der Waals surface area contributed by atoms with E-state index in [-0.39, 0.29) is 35.6 Å². The summed E-state index contributed by atoms with van der Waals surface area (Å²) in [5, 5.41) is 0. The number of hydrogen-bond donors (Lipinski definition) is 0. The number of rotatable bonds is 2. The summed E-state index contributed by atoms with van der Waals surface area (Å²) >= 11 is -2.07. The molecule has 0 heterocycles. The van der Waals surface area contributed by atoms with Crippen molar-refractivity contribution in [2.24, 2.45) is 0 Å². The smallest absolute Gasteiger partial charge is 1.00 e. The first-order chi connectivity index (χ1) is 14.0. The number of allylic oxidation sites excluding steroid dienone is 4. The molecule has 2 aromatic rings. The Morgan fingerprint density at radius 1 is 0.875 bits per heavy atom. The van der Waals surface area contributed by atoms with E-state index < -0.39 is 21.3 Å². The third-order valence-corrected chi connectivity index (χ3v) is 14.8. The maximum Gasteiger partial charge on any atom is -1.00 e. The molecule has 0 amide bonds. The first kappa shape index (κ1) is 27.5. The zero-order valence-corrected chi connectivity index (χ0v) is 24.7. The maximum absolute atomic E-state index is 2.51. The molecule has 170 valence electrons. The Labute approximate surface area is 215 Å². The van der Waals surface area contributed by atoms with Gasteiger partial charge in [-0.2, -0.15) is 0 Å². The fourth-order valence-corrected chi connectivity index (χ4v) is 13.4. The van der Waals surface area contributed by atoms with E-state index in [4.69, 9.17) is 0 Å². The van der Waals surface area contributed by atoms with E-state index in [1.807, 2.05) is 0 Å². The second kappa shape index (κ2) is 9.86. The van der Waals surface area contributed by atoms with Crippen LogP contribution in [0.4, 0.5) is 0 Å². The SMILES string of the molecule is C[C](C)=[Zr+2]([C]1=CC=CC1)[CH]1c2ccc(C(C)(C)C)cc2-c2cccc(C(C)(C)C)c21.[Cl-].[Cl-]. The minimum absolute atomic E-state index is 0. The molecule has 32 heavy (non-hydrogen) atoms. The topological polar surface area (TPSA) is 0 Å². The molecule has 0 saturated heterocycles. The minimum atomic E-state index is -2.07. The minimum Gasteiger partial charge on any atom is -1.00 e. The fourth-order valence-electron chi connectivity index (χ4n) is 5.17. The summed E-state index contributed by atoms with van der Waals surface area (Å²) in [5.41, 5.74) is 9.55. The van der Waals surface area contributed by atoms with E-state index in [0.717, 1.165) is 0 Å². The molecule has 4 rings (SSSR count). The van der Waals surface area contributed by atoms with Gasteiger partial charge in [-0.1, -0.05) is 0 Å². The van der Waals surface area contributed by atoms with Gasteiger partial charge in [0.15, 0.2) is 0 Å². The molecule has 1 atom stereocenters. The Kier molecular flexibility index (Phi) is 8.47. The van der Waals surface area contributed by atoms with Gasteiger partial charge in [0.2, 0.25) is 0 Å². The molecular formula is C29H36Cl2Zr. The van der Waals surface area contributed by atoms with Crippen LogP contribution < -0.4 is 24.8 Å². The van der Waals surface area contributed by atoms with Crippen molar-refractivity contribution in [1.82, 2.24) is 0 Å². The van der Waals surface area contributed by atoms with Crippen molar-refractivity contribution in [3.63, 3.8) is 0 Å². The largest absolute Gasteiger partial charge is 1.00 e. The monoisotopic (exact) mass is 544 g/mol. The van der Waals surface area contributed by atoms with E-state index in [1.54, 1.807) is 23.2 Å². The average Bonchev–Trinajstić information content (AvgIpc) is 3.27. The molecule has 0 bridgehead atoms. The molecule has 2 aliphatic carbocycles. The second-order valence-electron chi connectivity index (χ2n) is 11.2. The zero-order valence-electron chi connectivity index (χ0n) is 20.7. The summed E-state index contributed by atoms with van der Waals surface area (Å²) < 4.78 is 4.06. The van der Waals surface area contributed by atoms with Crippen molar-refractivity contribution in [2.75, 3.05) is 0 Å². The van der Waals surface area contributed by atoms with Gasteiger partial charge in [-0.05, 0) is 0 Å². The standard InChI is InChI=1S/C21H25.C5H5.C3H6.2ClH.Zr/c1-20(2,3)15-11-10-14-12-18-16(17(14)13-15)8-7-9-19(18)21(4,5)6;1-2-4-5-3-1;1-3-2;;;/h7-13H,1-6H3;1-3H,4H2;1-2H3;2*1H;/q;;;;;+2/p-2. The molecule has 0 N–H and O–H groups in total. The molecule has 0 spiro atoms. The summed E-state index contributed by atoms with van der Waals surface area (Å²) in [7, 11) is 0. The summed E-state index contributed by atoms with van der Waals surface area (Å²) in [4.78, 5) is 0. The molecule has 0 saturated carbocycles. The van der Waals surface area contributed by atoms with Crippen LogP contribution in [0.3, 0.4) is 0 Å². The van der Waals surface area contributed by atoms with Crippen LogP contribution in [0.1, 0.15) is 87.7 Å². The van der Waals surface area contributed by atoms with Crippen LogP contribution in [-0.4, -0.2) is 3.21 Å². The van der Waals surface area contributed by atoms with Gasteiger partial charge in [-0.25, -0.2) is 0 Å². The van der Waals surface area contributed by atoms with Gasteiger partial charge in [0, 0.05) is 0 Å². The van der Waals surface area contributed by atoms with Crippen LogP contribution in [0, 0.1) is 0 Å². The van der Waals surface area contributed by atoms with Crippen molar-refractivity contribution in [3.05, 3.63) is 80.2 Å². The van der Waals surface area contributed by atoms with E-state index in [0.29, 0.717) is 3.63 Å². The van der Waals surface area contributed by atoms with Gasteiger partial charge in [0.25, 0.3) is 0 Å². The zero-order chi connectivity index (χ0) is 21.8. The van der Waals surface area contributed by atoms with Gasteiger partial charge < -0.3 is 24.8 Å². The Morgan fingerprint density at radius 2 is 1.56 bits per heavy atom. The molecule has 0 fully saturated rings. The third-order valence-electron chi connectivity index (χ3n) is 6.67. The Bertz CT molecular complexity index is 1100. The molecular weight excluding hydrogens is 510 g/mol. The third kappa shape index (κ3) is 4.87. The van der Waals surface area contributed by atoms with Crippen molar-refractivity contribution in [3.8, 4) is 11.1 Å². The molecule has 0 aromatic heterocycles. The molecule has 2 aromatic carbocycles. The summed E-state index contributed by atoms with van der Waals surface area (Å²) in [6.07, 6.45) is 8.25. The second-order valence-corrected chi connectivity index (χ2v) is 18.7. The molecule has 0 aliphatic heterocycles. The fraction of sp³-hybridized carbons (Fsp3) is 0.414. The molecule has 0 radical (unpaired) electrons. The van der Waals surface area contributed by atoms with E-state index in [9.17, 15) is 0 Å². The van der Waals surface area contributed by atoms with Crippen LogP contribution in [-0.2, 0) is 32.1 Å². The van der Waals surface area contributed by atoms with Crippen LogP contribution in [0.2, 0.25) is 0 Å². The number of hydrogen-bond acceptors (Lipinski definition) is 0. The molecule has 1 unspecified atom stereocenters. The van der Waals surface area contributed by atoms with Crippen molar-refractivity contribution in [1.29, 1.82) is 0 Å². The summed E-state index contributed by atoms with van der Waals surface area (Å²) in [6, 6.07) is 14.5. The van der Waals surface area contributed by atoms with Crippen LogP contribution in [0.5, 0.6) is 0 Å². The van der Waals surface area contributed by atoms with E-state index >= 15 is 0 Å². The average molecular weight is 547 g/mol. The molecule has 2 aliphatic rings. The van der Waals surface area contributed by atoms with Gasteiger partial charge in [0.1, 0.15) is 0 Å². The van der Waals surface area contributed by atoms with Crippen LogP contribution in [0.15, 0.2) is 57.9 Å². The Balaban J connectivity index is 0.00000181. The van der Waals surface area contributed by atoms with Crippen molar-refractivity contribution < 1.29 is 46.1 Å². The maximum atomic E-state index is 2.51. The number of benzene rings is 2. The van der Waals surface area contributed by atoms with Gasteiger partial charge >= 0.3 is 192 Å². The van der Waals surface area contributed by atoms with Crippen molar-refractivity contribution >= 4 is 3.21 Å². The van der Waals surface area contributed by atoms with Crippen LogP contribution in [0.25, 0.3) is 11.1 Å². The summed E-state index contributed by atoms with van der Waals surface area (Å²) in [6.45, 7) is 18.9. The number of halogens is 2. The number of fused-ring (bicyclic) bond motifs is 3. The molecule has 0 nitrogen and oxygen atoms in total. The van der Waals surface area contributed by atoms with Crippen molar-refractivity contribution in [2.45, 2.75) is 76.3 Å². The summed E-state index contributed by atoms with van der Waals surface area (Å²) in [5.74, 6) is 0. The first-order valence-corrected chi connectivity index (χ1v) is 15.2. The predicted octanol–water partition coefficient (Wildman–Crippen LogP) is 2.03. The van der Waals surface area contributed by atoms with Crippen LogP contribution >= 0.6 is 0 Å². The Hall–Kier alpha value is -0.747. The normalized spacial score (nSPS) is 16.2. The van der Waals surface area contributed by atoms with E-state index in [2.05, 4.69) is 110 Å². The predicted molar refractivity (Wildman–Crippen MR) is 129 cm³/mol.